The van der Waals surface area contributed by atoms with Crippen molar-refractivity contribution in [3.63, 3.8) is 0 Å². The number of carbonyl (C=O) groups is 2. The second-order valence-electron chi connectivity index (χ2n) is 7.28. The van der Waals surface area contributed by atoms with E-state index in [1.54, 1.807) is 0 Å². The summed E-state index contributed by atoms with van der Waals surface area (Å²) < 4.78 is 0. The van der Waals surface area contributed by atoms with Gasteiger partial charge in [-0.1, -0.05) is 20.3 Å². The predicted molar refractivity (Wildman–Crippen MR) is 93.0 cm³/mol. The number of likely N-dealkylation sites (tertiary alicyclic amines) is 1. The number of rotatable bonds is 6. The molecule has 0 aromatic rings. The first-order valence-electron chi connectivity index (χ1n) is 9.75. The van der Waals surface area contributed by atoms with Crippen molar-refractivity contribution < 1.29 is 9.59 Å². The van der Waals surface area contributed by atoms with Crippen LogP contribution in [0.4, 0.5) is 0 Å². The predicted octanol–water partition coefficient (Wildman–Crippen LogP) is 3.50. The minimum Gasteiger partial charge on any atom is -0.356 e. The van der Waals surface area contributed by atoms with E-state index >= 15 is 0 Å². The van der Waals surface area contributed by atoms with E-state index in [9.17, 15) is 9.59 Å². The standard InChI is InChI=1S/C19H34N2O2/c1-3-5-13-20-18(22)15-9-11-16(12-10-15)19(23)21-14-7-6-8-17(21)4-2/h15-17H,3-14H2,1-2H3,(H,20,22). The number of piperidine rings is 1. The van der Waals surface area contributed by atoms with Crippen molar-refractivity contribution in [2.24, 2.45) is 11.8 Å². The molecule has 1 saturated heterocycles. The Morgan fingerprint density at radius 2 is 1.70 bits per heavy atom. The van der Waals surface area contributed by atoms with Crippen LogP contribution in [-0.4, -0.2) is 35.8 Å². The van der Waals surface area contributed by atoms with Crippen LogP contribution in [0, 0.1) is 11.8 Å². The summed E-state index contributed by atoms with van der Waals surface area (Å²) in [6, 6.07) is 0.450. The second kappa shape index (κ2) is 9.29. The normalized spacial score (nSPS) is 28.4. The van der Waals surface area contributed by atoms with Crippen LogP contribution in [0.15, 0.2) is 0 Å². The molecule has 1 heterocycles. The molecule has 2 amide bonds. The lowest BCUT2D eigenvalue weighted by molar-refractivity contribution is -0.141. The van der Waals surface area contributed by atoms with Gasteiger partial charge in [0.25, 0.3) is 0 Å². The third kappa shape index (κ3) is 4.95. The fourth-order valence-corrected chi connectivity index (χ4v) is 4.08. The van der Waals surface area contributed by atoms with Gasteiger partial charge in [-0.3, -0.25) is 9.59 Å². The zero-order chi connectivity index (χ0) is 16.7. The largest absolute Gasteiger partial charge is 0.356 e. The Bertz CT molecular complexity index is 389. The summed E-state index contributed by atoms with van der Waals surface area (Å²) in [7, 11) is 0. The van der Waals surface area contributed by atoms with E-state index < -0.39 is 0 Å². The van der Waals surface area contributed by atoms with Crippen molar-refractivity contribution in [2.45, 2.75) is 84.1 Å². The quantitative estimate of drug-likeness (QED) is 0.761. The third-order valence-electron chi connectivity index (χ3n) is 5.66. The molecule has 4 nitrogen and oxygen atoms in total. The topological polar surface area (TPSA) is 49.4 Å². The van der Waals surface area contributed by atoms with Gasteiger partial charge in [-0.2, -0.15) is 0 Å². The molecule has 2 rings (SSSR count). The Balaban J connectivity index is 1.79. The first-order valence-corrected chi connectivity index (χ1v) is 9.75. The molecular formula is C19H34N2O2. The maximum absolute atomic E-state index is 12.8. The molecule has 0 aromatic carbocycles. The van der Waals surface area contributed by atoms with Gasteiger partial charge in [0.05, 0.1) is 0 Å². The molecule has 0 bridgehead atoms. The van der Waals surface area contributed by atoms with Crippen molar-refractivity contribution in [3.8, 4) is 0 Å². The maximum Gasteiger partial charge on any atom is 0.225 e. The Hall–Kier alpha value is -1.06. The van der Waals surface area contributed by atoms with Gasteiger partial charge >= 0.3 is 0 Å². The van der Waals surface area contributed by atoms with E-state index in [4.69, 9.17) is 0 Å². The minimum atomic E-state index is 0.124. The van der Waals surface area contributed by atoms with E-state index in [2.05, 4.69) is 24.1 Å². The van der Waals surface area contributed by atoms with Crippen molar-refractivity contribution in [1.29, 1.82) is 0 Å². The van der Waals surface area contributed by atoms with E-state index in [1.165, 1.54) is 6.42 Å². The van der Waals surface area contributed by atoms with Gasteiger partial charge in [0.15, 0.2) is 0 Å². The van der Waals surface area contributed by atoms with Crippen molar-refractivity contribution in [2.75, 3.05) is 13.1 Å². The molecule has 1 unspecified atom stereocenters. The lowest BCUT2D eigenvalue weighted by Crippen LogP contribution is -2.47. The lowest BCUT2D eigenvalue weighted by atomic mass is 9.80. The maximum atomic E-state index is 12.8. The molecule has 23 heavy (non-hydrogen) atoms. The summed E-state index contributed by atoms with van der Waals surface area (Å²) in [5, 5.41) is 3.04. The third-order valence-corrected chi connectivity index (χ3v) is 5.66. The highest BCUT2D eigenvalue weighted by Crippen LogP contribution is 2.32. The van der Waals surface area contributed by atoms with Crippen LogP contribution in [0.3, 0.4) is 0 Å². The minimum absolute atomic E-state index is 0.124. The molecule has 0 radical (unpaired) electrons. The molecule has 1 aliphatic carbocycles. The summed E-state index contributed by atoms with van der Waals surface area (Å²) in [6.45, 7) is 6.05. The molecule has 1 aliphatic heterocycles. The van der Waals surface area contributed by atoms with Gasteiger partial charge in [-0.15, -0.1) is 0 Å². The molecule has 1 saturated carbocycles. The van der Waals surface area contributed by atoms with Gasteiger partial charge in [0, 0.05) is 31.0 Å². The van der Waals surface area contributed by atoms with Crippen LogP contribution >= 0.6 is 0 Å². The zero-order valence-corrected chi connectivity index (χ0v) is 15.0. The van der Waals surface area contributed by atoms with Crippen LogP contribution in [0.1, 0.15) is 78.1 Å². The Kier molecular flexibility index (Phi) is 7.38. The van der Waals surface area contributed by atoms with Crippen LogP contribution in [0.25, 0.3) is 0 Å². The molecule has 4 heteroatoms. The zero-order valence-electron chi connectivity index (χ0n) is 15.0. The summed E-state index contributed by atoms with van der Waals surface area (Å²) in [5.41, 5.74) is 0. The first kappa shape index (κ1) is 18.3. The smallest absolute Gasteiger partial charge is 0.225 e. The van der Waals surface area contributed by atoms with Gasteiger partial charge < -0.3 is 10.2 Å². The van der Waals surface area contributed by atoms with Gasteiger partial charge in [-0.25, -0.2) is 0 Å². The van der Waals surface area contributed by atoms with Crippen LogP contribution in [-0.2, 0) is 9.59 Å². The summed E-state index contributed by atoms with van der Waals surface area (Å²) in [4.78, 5) is 27.1. The molecule has 1 atom stereocenters. The number of hydrogen-bond acceptors (Lipinski definition) is 2. The number of nitrogens with zero attached hydrogens (tertiary/aromatic N) is 1. The summed E-state index contributed by atoms with van der Waals surface area (Å²) in [5.74, 6) is 0.844. The lowest BCUT2D eigenvalue weighted by Gasteiger charge is -2.39. The van der Waals surface area contributed by atoms with E-state index in [0.717, 1.165) is 70.9 Å². The van der Waals surface area contributed by atoms with Crippen LogP contribution in [0.5, 0.6) is 0 Å². The number of nitrogens with one attached hydrogen (secondary N) is 1. The SMILES string of the molecule is CCCCNC(=O)C1CCC(C(=O)N2CCCCC2CC)CC1. The first-order chi connectivity index (χ1) is 11.2. The van der Waals surface area contributed by atoms with Gasteiger partial charge in [0.2, 0.25) is 11.8 Å². The van der Waals surface area contributed by atoms with E-state index in [1.807, 2.05) is 0 Å². The Labute approximate surface area is 141 Å². The van der Waals surface area contributed by atoms with Crippen LogP contribution < -0.4 is 5.32 Å². The highest BCUT2D eigenvalue weighted by Gasteiger charge is 2.34. The number of unbranched alkanes of at least 4 members (excludes halogenated alkanes) is 1. The molecule has 2 aliphatic rings. The molecule has 0 spiro atoms. The van der Waals surface area contributed by atoms with Crippen molar-refractivity contribution >= 4 is 11.8 Å². The van der Waals surface area contributed by atoms with Gasteiger partial charge in [0.1, 0.15) is 0 Å². The van der Waals surface area contributed by atoms with Crippen molar-refractivity contribution in [1.82, 2.24) is 10.2 Å². The van der Waals surface area contributed by atoms with Gasteiger partial charge in [-0.05, 0) is 57.8 Å². The van der Waals surface area contributed by atoms with E-state index in [-0.39, 0.29) is 17.7 Å². The van der Waals surface area contributed by atoms with Crippen LogP contribution in [0.2, 0.25) is 0 Å². The molecule has 1 N–H and O–H groups in total. The molecule has 2 fully saturated rings. The molecular weight excluding hydrogens is 288 g/mol. The Morgan fingerprint density at radius 1 is 1.00 bits per heavy atom. The fourth-order valence-electron chi connectivity index (χ4n) is 4.08. The van der Waals surface area contributed by atoms with E-state index in [0.29, 0.717) is 11.9 Å². The summed E-state index contributed by atoms with van der Waals surface area (Å²) >= 11 is 0. The number of hydrogen-bond donors (Lipinski definition) is 1. The second-order valence-corrected chi connectivity index (χ2v) is 7.28. The monoisotopic (exact) mass is 322 g/mol. The highest BCUT2D eigenvalue weighted by molar-refractivity contribution is 5.81. The average molecular weight is 322 g/mol. The fraction of sp³-hybridized carbons (Fsp3) is 0.895. The Morgan fingerprint density at radius 3 is 2.35 bits per heavy atom. The van der Waals surface area contributed by atoms with Crippen molar-refractivity contribution in [3.05, 3.63) is 0 Å². The number of carbonyl (C=O) groups excluding carboxylic acids is 2. The average Bonchev–Trinajstić information content (AvgIpc) is 2.61. The molecule has 132 valence electrons. The molecule has 0 aromatic heterocycles. The summed E-state index contributed by atoms with van der Waals surface area (Å²) in [6.07, 6.45) is 10.3. The highest BCUT2D eigenvalue weighted by atomic mass is 16.2. The number of amides is 2.